The van der Waals surface area contributed by atoms with Crippen molar-refractivity contribution in [1.29, 1.82) is 0 Å². The fourth-order valence-electron chi connectivity index (χ4n) is 4.56. The second kappa shape index (κ2) is 8.07. The van der Waals surface area contributed by atoms with E-state index in [1.165, 1.54) is 31.5 Å². The van der Waals surface area contributed by atoms with Gasteiger partial charge in [0, 0.05) is 25.3 Å². The zero-order valence-electron chi connectivity index (χ0n) is 16.9. The number of carbonyl (C=O) groups is 2. The highest BCUT2D eigenvalue weighted by Crippen LogP contribution is 2.47. The topological polar surface area (TPSA) is 52.7 Å². The first kappa shape index (κ1) is 19.8. The van der Waals surface area contributed by atoms with Crippen LogP contribution >= 0.6 is 11.8 Å². The van der Waals surface area contributed by atoms with Gasteiger partial charge in [0.2, 0.25) is 11.8 Å². The number of piperidine rings is 1. The number of hydrogen-bond donors (Lipinski definition) is 1. The van der Waals surface area contributed by atoms with Crippen molar-refractivity contribution in [1.82, 2.24) is 15.1 Å². The Balaban J connectivity index is 1.28. The summed E-state index contributed by atoms with van der Waals surface area (Å²) in [4.78, 5) is 29.0. The summed E-state index contributed by atoms with van der Waals surface area (Å²) in [5.74, 6) is 1.64. The summed E-state index contributed by atoms with van der Waals surface area (Å²) in [6.45, 7) is 8.32. The van der Waals surface area contributed by atoms with Crippen LogP contribution in [0.2, 0.25) is 0 Å². The molecule has 1 aromatic carbocycles. The number of benzene rings is 1. The Morgan fingerprint density at radius 1 is 1.21 bits per heavy atom. The first-order valence-electron chi connectivity index (χ1n) is 10.5. The third-order valence-corrected chi connectivity index (χ3v) is 8.02. The van der Waals surface area contributed by atoms with Crippen molar-refractivity contribution in [2.24, 2.45) is 5.92 Å². The van der Waals surface area contributed by atoms with Crippen molar-refractivity contribution in [2.45, 2.75) is 63.5 Å². The molecule has 3 fully saturated rings. The van der Waals surface area contributed by atoms with Crippen molar-refractivity contribution >= 4 is 23.6 Å². The molecular formula is C22H31N3O2S. The van der Waals surface area contributed by atoms with Crippen LogP contribution in [0.5, 0.6) is 0 Å². The normalized spacial score (nSPS) is 28.6. The van der Waals surface area contributed by atoms with E-state index in [1.807, 2.05) is 4.90 Å². The van der Waals surface area contributed by atoms with Crippen LogP contribution in [0.3, 0.4) is 0 Å². The highest BCUT2D eigenvalue weighted by atomic mass is 32.2. The van der Waals surface area contributed by atoms with Gasteiger partial charge in [0.25, 0.3) is 0 Å². The fraction of sp³-hybridized carbons (Fsp3) is 0.636. The molecule has 1 aromatic rings. The number of rotatable bonds is 5. The summed E-state index contributed by atoms with van der Waals surface area (Å²) >= 11 is 1.74. The van der Waals surface area contributed by atoms with Gasteiger partial charge < -0.3 is 10.2 Å². The summed E-state index contributed by atoms with van der Waals surface area (Å²) in [5.41, 5.74) is 2.43. The minimum atomic E-state index is -0.328. The molecule has 2 atom stereocenters. The van der Waals surface area contributed by atoms with Gasteiger partial charge in [0.05, 0.1) is 4.87 Å². The number of thioether (sulfide) groups is 1. The molecule has 0 aromatic heterocycles. The Morgan fingerprint density at radius 2 is 1.89 bits per heavy atom. The van der Waals surface area contributed by atoms with Gasteiger partial charge in [0.15, 0.2) is 0 Å². The molecule has 0 saturated carbocycles. The van der Waals surface area contributed by atoms with Gasteiger partial charge in [-0.05, 0) is 56.3 Å². The molecule has 28 heavy (non-hydrogen) atoms. The summed E-state index contributed by atoms with van der Waals surface area (Å²) in [7, 11) is 0. The summed E-state index contributed by atoms with van der Waals surface area (Å²) in [6, 6.07) is 8.23. The Hall–Kier alpha value is -1.53. The van der Waals surface area contributed by atoms with Gasteiger partial charge in [-0.1, -0.05) is 31.2 Å². The van der Waals surface area contributed by atoms with E-state index in [-0.39, 0.29) is 22.7 Å². The van der Waals surface area contributed by atoms with E-state index in [1.54, 1.807) is 11.8 Å². The van der Waals surface area contributed by atoms with Crippen molar-refractivity contribution in [3.05, 3.63) is 35.4 Å². The predicted octanol–water partition coefficient (Wildman–Crippen LogP) is 2.99. The molecule has 2 unspecified atom stereocenters. The van der Waals surface area contributed by atoms with Gasteiger partial charge in [-0.15, -0.1) is 11.8 Å². The highest BCUT2D eigenvalue weighted by molar-refractivity contribution is 8.01. The average Bonchev–Trinajstić information content (AvgIpc) is 3.19. The smallest absolute Gasteiger partial charge is 0.243 e. The average molecular weight is 402 g/mol. The maximum Gasteiger partial charge on any atom is 0.243 e. The molecule has 3 aliphatic heterocycles. The fourth-order valence-corrected chi connectivity index (χ4v) is 5.99. The lowest BCUT2D eigenvalue weighted by atomic mass is 9.99. The molecule has 0 bridgehead atoms. The summed E-state index contributed by atoms with van der Waals surface area (Å²) in [5, 5.41) is 3.04. The second-order valence-corrected chi connectivity index (χ2v) is 10.3. The first-order chi connectivity index (χ1) is 13.4. The van der Waals surface area contributed by atoms with Crippen LogP contribution < -0.4 is 5.32 Å². The van der Waals surface area contributed by atoms with Crippen LogP contribution in [-0.2, 0) is 22.7 Å². The van der Waals surface area contributed by atoms with E-state index in [0.29, 0.717) is 18.7 Å². The molecule has 4 rings (SSSR count). The minimum Gasteiger partial charge on any atom is -0.350 e. The summed E-state index contributed by atoms with van der Waals surface area (Å²) in [6.07, 6.45) is 3.99. The molecule has 3 aliphatic rings. The highest BCUT2D eigenvalue weighted by Gasteiger charge is 2.52. The maximum atomic E-state index is 12.7. The molecule has 0 aliphatic carbocycles. The maximum absolute atomic E-state index is 12.7. The standard InChI is InChI=1S/C22H31N3O2S/c1-16-8-11-24(12-9-16)14-18-5-3-17(4-6-18)13-23-21(27)19-15-28-22(2)10-7-20(26)25(19)22/h3-6,16,19H,7-15H2,1-2H3,(H,23,27). The molecule has 0 radical (unpaired) electrons. The number of amides is 2. The van der Waals surface area contributed by atoms with Crippen LogP contribution in [0.1, 0.15) is 50.7 Å². The van der Waals surface area contributed by atoms with Gasteiger partial charge in [0.1, 0.15) is 6.04 Å². The van der Waals surface area contributed by atoms with E-state index in [2.05, 4.69) is 48.3 Å². The monoisotopic (exact) mass is 401 g/mol. The zero-order chi connectivity index (χ0) is 19.7. The van der Waals surface area contributed by atoms with E-state index in [0.717, 1.165) is 24.4 Å². The van der Waals surface area contributed by atoms with Crippen LogP contribution in [0, 0.1) is 5.92 Å². The van der Waals surface area contributed by atoms with Gasteiger partial charge in [-0.2, -0.15) is 0 Å². The van der Waals surface area contributed by atoms with Crippen LogP contribution in [0.15, 0.2) is 24.3 Å². The van der Waals surface area contributed by atoms with Crippen molar-refractivity contribution in [2.75, 3.05) is 18.8 Å². The molecule has 152 valence electrons. The van der Waals surface area contributed by atoms with E-state index in [4.69, 9.17) is 0 Å². The molecule has 1 N–H and O–H groups in total. The van der Waals surface area contributed by atoms with Crippen molar-refractivity contribution in [3.8, 4) is 0 Å². The largest absolute Gasteiger partial charge is 0.350 e. The van der Waals surface area contributed by atoms with Crippen LogP contribution in [0.25, 0.3) is 0 Å². The lowest BCUT2D eigenvalue weighted by molar-refractivity contribution is -0.138. The van der Waals surface area contributed by atoms with E-state index >= 15 is 0 Å². The third-order valence-electron chi connectivity index (χ3n) is 6.52. The van der Waals surface area contributed by atoms with Crippen molar-refractivity contribution < 1.29 is 9.59 Å². The Labute approximate surface area is 172 Å². The number of nitrogens with zero attached hydrogens (tertiary/aromatic N) is 2. The van der Waals surface area contributed by atoms with Gasteiger partial charge >= 0.3 is 0 Å². The lowest BCUT2D eigenvalue weighted by Gasteiger charge is -2.30. The SMILES string of the molecule is CC1CCN(Cc2ccc(CNC(=O)C3CSC4(C)CCC(=O)N34)cc2)CC1. The lowest BCUT2D eigenvalue weighted by Crippen LogP contribution is -2.49. The Morgan fingerprint density at radius 3 is 2.61 bits per heavy atom. The molecule has 3 heterocycles. The number of carbonyl (C=O) groups excluding carboxylic acids is 2. The molecule has 3 saturated heterocycles. The number of fused-ring (bicyclic) bond motifs is 1. The second-order valence-electron chi connectivity index (χ2n) is 8.76. The van der Waals surface area contributed by atoms with E-state index in [9.17, 15) is 9.59 Å². The summed E-state index contributed by atoms with van der Waals surface area (Å²) < 4.78 is 0. The van der Waals surface area contributed by atoms with Crippen LogP contribution in [0.4, 0.5) is 0 Å². The number of likely N-dealkylation sites (tertiary alicyclic amines) is 1. The third kappa shape index (κ3) is 4.08. The molecule has 2 amide bonds. The first-order valence-corrected chi connectivity index (χ1v) is 11.5. The molecule has 0 spiro atoms. The van der Waals surface area contributed by atoms with Gasteiger partial charge in [-0.25, -0.2) is 0 Å². The van der Waals surface area contributed by atoms with Crippen LogP contribution in [-0.4, -0.2) is 51.4 Å². The Kier molecular flexibility index (Phi) is 5.70. The van der Waals surface area contributed by atoms with Gasteiger partial charge in [-0.3, -0.25) is 14.5 Å². The molecule has 5 nitrogen and oxygen atoms in total. The Bertz CT molecular complexity index is 730. The van der Waals surface area contributed by atoms with Crippen molar-refractivity contribution in [3.63, 3.8) is 0 Å². The zero-order valence-corrected chi connectivity index (χ0v) is 17.8. The number of nitrogens with one attached hydrogen (secondary N) is 1. The molecular weight excluding hydrogens is 370 g/mol. The minimum absolute atomic E-state index is 0.0296. The molecule has 6 heteroatoms. The number of hydrogen-bond acceptors (Lipinski definition) is 4. The predicted molar refractivity (Wildman–Crippen MR) is 113 cm³/mol. The van der Waals surface area contributed by atoms with E-state index < -0.39 is 0 Å². The quantitative estimate of drug-likeness (QED) is 0.824.